The average molecular weight is 376 g/mol. The van der Waals surface area contributed by atoms with Crippen LogP contribution in [0.15, 0.2) is 43.8 Å². The van der Waals surface area contributed by atoms with Gasteiger partial charge >= 0.3 is 0 Å². The summed E-state index contributed by atoms with van der Waals surface area (Å²) in [6, 6.07) is 9.71. The fourth-order valence-electron chi connectivity index (χ4n) is 2.75. The Hall–Kier alpha value is -2.01. The number of amides is 1. The van der Waals surface area contributed by atoms with Crippen LogP contribution in [0.25, 0.3) is 11.0 Å². The van der Waals surface area contributed by atoms with Crippen molar-refractivity contribution in [3.05, 3.63) is 57.6 Å². The minimum atomic E-state index is -0.138. The fourth-order valence-corrected chi connectivity index (χ4v) is 3.25. The summed E-state index contributed by atoms with van der Waals surface area (Å²) in [6.07, 6.45) is 0.789. The van der Waals surface area contributed by atoms with Gasteiger partial charge in [-0.3, -0.25) is 4.79 Å². The molecule has 2 aromatic heterocycles. The van der Waals surface area contributed by atoms with Crippen molar-refractivity contribution in [3.8, 4) is 0 Å². The van der Waals surface area contributed by atoms with Crippen molar-refractivity contribution >= 4 is 32.8 Å². The van der Waals surface area contributed by atoms with Gasteiger partial charge in [0.05, 0.1) is 0 Å². The third-order valence-electron chi connectivity index (χ3n) is 3.93. The van der Waals surface area contributed by atoms with E-state index in [4.69, 9.17) is 8.83 Å². The van der Waals surface area contributed by atoms with Crippen LogP contribution in [0, 0.1) is 6.92 Å². The highest BCUT2D eigenvalue weighted by atomic mass is 79.9. The summed E-state index contributed by atoms with van der Waals surface area (Å²) >= 11 is 3.26. The summed E-state index contributed by atoms with van der Waals surface area (Å²) in [5, 5.41) is 1.06. The summed E-state index contributed by atoms with van der Waals surface area (Å²) in [4.78, 5) is 14.3. The van der Waals surface area contributed by atoms with Gasteiger partial charge in [-0.2, -0.15) is 0 Å². The molecular formula is C18H18BrNO3. The highest BCUT2D eigenvalue weighted by Gasteiger charge is 2.22. The van der Waals surface area contributed by atoms with Crippen molar-refractivity contribution in [2.45, 2.75) is 26.8 Å². The van der Waals surface area contributed by atoms with Crippen molar-refractivity contribution in [3.63, 3.8) is 0 Å². The van der Waals surface area contributed by atoms with Crippen molar-refractivity contribution in [1.82, 2.24) is 4.90 Å². The first kappa shape index (κ1) is 15.9. The molecule has 0 aliphatic heterocycles. The normalized spacial score (nSPS) is 11.1. The van der Waals surface area contributed by atoms with Gasteiger partial charge in [0.25, 0.3) is 5.91 Å². The Labute approximate surface area is 143 Å². The molecule has 0 spiro atoms. The lowest BCUT2D eigenvalue weighted by molar-refractivity contribution is 0.0751. The van der Waals surface area contributed by atoms with Gasteiger partial charge in [-0.1, -0.05) is 25.1 Å². The van der Waals surface area contributed by atoms with Crippen LogP contribution in [-0.4, -0.2) is 17.9 Å². The first-order valence-electron chi connectivity index (χ1n) is 7.52. The highest BCUT2D eigenvalue weighted by molar-refractivity contribution is 9.10. The van der Waals surface area contributed by atoms with E-state index in [2.05, 4.69) is 22.9 Å². The molecule has 1 amide bonds. The quantitative estimate of drug-likeness (QED) is 0.649. The van der Waals surface area contributed by atoms with Crippen LogP contribution >= 0.6 is 15.9 Å². The first-order valence-corrected chi connectivity index (χ1v) is 8.31. The van der Waals surface area contributed by atoms with Crippen molar-refractivity contribution in [1.29, 1.82) is 0 Å². The monoisotopic (exact) mass is 375 g/mol. The molecule has 0 radical (unpaired) electrons. The summed E-state index contributed by atoms with van der Waals surface area (Å²) in [5.41, 5.74) is 2.74. The van der Waals surface area contributed by atoms with Crippen LogP contribution in [-0.2, 0) is 13.0 Å². The Morgan fingerprint density at radius 2 is 2.00 bits per heavy atom. The zero-order valence-electron chi connectivity index (χ0n) is 13.4. The van der Waals surface area contributed by atoms with Gasteiger partial charge in [0.15, 0.2) is 10.4 Å². The van der Waals surface area contributed by atoms with Crippen LogP contribution in [0.5, 0.6) is 0 Å². The Bertz CT molecular complexity index is 862. The van der Waals surface area contributed by atoms with Gasteiger partial charge in [0.2, 0.25) is 0 Å². The van der Waals surface area contributed by atoms with Gasteiger partial charge in [-0.05, 0) is 35.0 Å². The zero-order valence-corrected chi connectivity index (χ0v) is 14.9. The third-order valence-corrected chi connectivity index (χ3v) is 4.32. The number of hydrogen-bond donors (Lipinski definition) is 0. The van der Waals surface area contributed by atoms with E-state index in [0.29, 0.717) is 17.0 Å². The Balaban J connectivity index is 1.92. The molecule has 0 saturated heterocycles. The van der Waals surface area contributed by atoms with Crippen molar-refractivity contribution in [2.75, 3.05) is 7.05 Å². The number of carbonyl (C=O) groups is 1. The van der Waals surface area contributed by atoms with Gasteiger partial charge in [-0.25, -0.2) is 0 Å². The molecule has 0 aliphatic rings. The number of fused-ring (bicyclic) bond motifs is 1. The highest BCUT2D eigenvalue weighted by Crippen LogP contribution is 2.28. The molecule has 0 aliphatic carbocycles. The standard InChI is InChI=1S/C18H18BrNO3/c1-4-14-13(12-7-5-6-8-15(12)22-14)10-20(3)18(21)17-11(2)9-16(19)23-17/h5-9H,4,10H2,1-3H3. The fraction of sp³-hybridized carbons (Fsp3) is 0.278. The number of rotatable bonds is 4. The second kappa shape index (κ2) is 6.24. The molecule has 1 aromatic carbocycles. The zero-order chi connectivity index (χ0) is 16.6. The number of carbonyl (C=O) groups excluding carboxylic acids is 1. The molecular weight excluding hydrogens is 358 g/mol. The van der Waals surface area contributed by atoms with E-state index in [0.717, 1.165) is 34.3 Å². The van der Waals surface area contributed by atoms with Crippen LogP contribution in [0.4, 0.5) is 0 Å². The second-order valence-corrected chi connectivity index (χ2v) is 6.36. The lowest BCUT2D eigenvalue weighted by Crippen LogP contribution is -2.26. The molecule has 0 fully saturated rings. The maximum absolute atomic E-state index is 12.6. The Kier molecular flexibility index (Phi) is 4.31. The maximum atomic E-state index is 12.6. The van der Waals surface area contributed by atoms with Gasteiger partial charge in [-0.15, -0.1) is 0 Å². The van der Waals surface area contributed by atoms with Gasteiger partial charge < -0.3 is 13.7 Å². The minimum Gasteiger partial charge on any atom is -0.461 e. The lowest BCUT2D eigenvalue weighted by atomic mass is 10.1. The SMILES string of the molecule is CCc1oc2ccccc2c1CN(C)C(=O)c1oc(Br)cc1C. The predicted molar refractivity (Wildman–Crippen MR) is 92.5 cm³/mol. The molecule has 4 nitrogen and oxygen atoms in total. The van der Waals surface area contributed by atoms with E-state index in [1.165, 1.54) is 0 Å². The van der Waals surface area contributed by atoms with E-state index in [9.17, 15) is 4.79 Å². The van der Waals surface area contributed by atoms with Crippen LogP contribution in [0.2, 0.25) is 0 Å². The maximum Gasteiger partial charge on any atom is 0.289 e. The van der Waals surface area contributed by atoms with E-state index in [-0.39, 0.29) is 5.91 Å². The Morgan fingerprint density at radius 3 is 2.65 bits per heavy atom. The molecule has 23 heavy (non-hydrogen) atoms. The number of aryl methyl sites for hydroxylation is 2. The second-order valence-electron chi connectivity index (χ2n) is 5.58. The molecule has 0 unspecified atom stereocenters. The van der Waals surface area contributed by atoms with E-state index in [1.54, 1.807) is 18.0 Å². The molecule has 3 aromatic rings. The number of furan rings is 2. The Morgan fingerprint density at radius 1 is 1.26 bits per heavy atom. The number of halogens is 1. The molecule has 3 rings (SSSR count). The molecule has 120 valence electrons. The smallest absolute Gasteiger partial charge is 0.289 e. The number of para-hydroxylation sites is 1. The molecule has 0 saturated carbocycles. The largest absolute Gasteiger partial charge is 0.461 e. The average Bonchev–Trinajstić information content (AvgIpc) is 3.06. The summed E-state index contributed by atoms with van der Waals surface area (Å²) in [5.74, 6) is 1.15. The summed E-state index contributed by atoms with van der Waals surface area (Å²) in [6.45, 7) is 4.40. The molecule has 0 bridgehead atoms. The van der Waals surface area contributed by atoms with E-state index < -0.39 is 0 Å². The lowest BCUT2D eigenvalue weighted by Gasteiger charge is -2.16. The molecule has 5 heteroatoms. The predicted octanol–water partition coefficient (Wildman–Crippen LogP) is 4.93. The van der Waals surface area contributed by atoms with Crippen molar-refractivity contribution < 1.29 is 13.6 Å². The van der Waals surface area contributed by atoms with E-state index in [1.807, 2.05) is 31.2 Å². The number of nitrogens with zero attached hydrogens (tertiary/aromatic N) is 1. The number of benzene rings is 1. The van der Waals surface area contributed by atoms with Crippen LogP contribution in [0.1, 0.15) is 34.4 Å². The van der Waals surface area contributed by atoms with Gasteiger partial charge in [0.1, 0.15) is 11.3 Å². The number of hydrogen-bond acceptors (Lipinski definition) is 3. The van der Waals surface area contributed by atoms with Crippen LogP contribution in [0.3, 0.4) is 0 Å². The molecule has 0 atom stereocenters. The minimum absolute atomic E-state index is 0.138. The third kappa shape index (κ3) is 2.93. The van der Waals surface area contributed by atoms with Gasteiger partial charge in [0, 0.05) is 36.5 Å². The molecule has 0 N–H and O–H groups in total. The molecule has 2 heterocycles. The summed E-state index contributed by atoms with van der Waals surface area (Å²) in [7, 11) is 1.78. The van der Waals surface area contributed by atoms with E-state index >= 15 is 0 Å². The summed E-state index contributed by atoms with van der Waals surface area (Å²) < 4.78 is 11.9. The van der Waals surface area contributed by atoms with Crippen LogP contribution < -0.4 is 0 Å². The topological polar surface area (TPSA) is 46.6 Å². The first-order chi connectivity index (χ1) is 11.0. The van der Waals surface area contributed by atoms with Crippen molar-refractivity contribution in [2.24, 2.45) is 0 Å².